The van der Waals surface area contributed by atoms with Gasteiger partial charge in [0.2, 0.25) is 0 Å². The molecule has 2 aromatic heterocycles. The van der Waals surface area contributed by atoms with Crippen LogP contribution in [0.5, 0.6) is 0 Å². The number of nitrogens with zero attached hydrogens (tertiary/aromatic N) is 4. The van der Waals surface area contributed by atoms with Crippen LogP contribution in [-0.2, 0) is 16.1 Å². The van der Waals surface area contributed by atoms with Crippen LogP contribution in [0.4, 0.5) is 0 Å². The topological polar surface area (TPSA) is 77.4 Å². The second kappa shape index (κ2) is 7.09. The third-order valence-electron chi connectivity index (χ3n) is 4.89. The number of amides is 1. The van der Waals surface area contributed by atoms with E-state index >= 15 is 0 Å². The summed E-state index contributed by atoms with van der Waals surface area (Å²) < 4.78 is 12.0. The summed E-state index contributed by atoms with van der Waals surface area (Å²) >= 11 is 0. The van der Waals surface area contributed by atoms with Gasteiger partial charge >= 0.3 is 0 Å². The molecule has 26 heavy (non-hydrogen) atoms. The maximum absolute atomic E-state index is 12.5. The van der Waals surface area contributed by atoms with Crippen molar-refractivity contribution in [3.05, 3.63) is 53.9 Å². The molecule has 0 radical (unpaired) electrons. The highest BCUT2D eigenvalue weighted by Crippen LogP contribution is 2.36. The predicted octanol–water partition coefficient (Wildman–Crippen LogP) is 1.77. The van der Waals surface area contributed by atoms with E-state index in [1.54, 1.807) is 17.3 Å². The second-order valence-electron chi connectivity index (χ2n) is 6.98. The van der Waals surface area contributed by atoms with Crippen molar-refractivity contribution in [2.75, 3.05) is 19.7 Å². The maximum atomic E-state index is 12.5. The highest BCUT2D eigenvalue weighted by molar-refractivity contribution is 5.92. The highest BCUT2D eigenvalue weighted by atomic mass is 16.5. The molecule has 4 heterocycles. The Balaban J connectivity index is 1.31. The van der Waals surface area contributed by atoms with Crippen LogP contribution in [0.1, 0.15) is 34.7 Å². The van der Waals surface area contributed by atoms with Gasteiger partial charge in [-0.05, 0) is 25.5 Å². The van der Waals surface area contributed by atoms with Crippen molar-refractivity contribution in [1.82, 2.24) is 19.9 Å². The number of rotatable bonds is 4. The number of carbonyl (C=O) groups excluding carboxylic acids is 1. The average Bonchev–Trinajstić information content (AvgIpc) is 2.65. The standard InChI is InChI=1S/C19H22N4O3/c1-14-9-22-17(10-21-14)18(24)23-12-19(13-23)8-16(5-7-26-19)25-11-15-4-2-3-6-20-15/h2-4,6,9-10,16H,5,7-8,11-13H2,1H3. The quantitative estimate of drug-likeness (QED) is 0.833. The van der Waals surface area contributed by atoms with Gasteiger partial charge in [0.1, 0.15) is 11.3 Å². The van der Waals surface area contributed by atoms with Crippen LogP contribution in [0.25, 0.3) is 0 Å². The van der Waals surface area contributed by atoms with E-state index in [0.29, 0.717) is 32.0 Å². The summed E-state index contributed by atoms with van der Waals surface area (Å²) in [6, 6.07) is 5.81. The summed E-state index contributed by atoms with van der Waals surface area (Å²) in [5.41, 5.74) is 1.81. The van der Waals surface area contributed by atoms with E-state index in [-0.39, 0.29) is 17.6 Å². The Bertz CT molecular complexity index is 760. The maximum Gasteiger partial charge on any atom is 0.274 e. The van der Waals surface area contributed by atoms with Crippen molar-refractivity contribution in [3.8, 4) is 0 Å². The van der Waals surface area contributed by atoms with Crippen LogP contribution in [0, 0.1) is 6.92 Å². The number of hydrogen-bond acceptors (Lipinski definition) is 6. The number of aromatic nitrogens is 3. The molecule has 1 spiro atoms. The zero-order chi connectivity index (χ0) is 18.0. The molecule has 2 aliphatic heterocycles. The summed E-state index contributed by atoms with van der Waals surface area (Å²) in [6.07, 6.45) is 6.70. The molecule has 136 valence electrons. The minimum atomic E-state index is -0.291. The van der Waals surface area contributed by atoms with E-state index in [1.165, 1.54) is 6.20 Å². The van der Waals surface area contributed by atoms with E-state index in [2.05, 4.69) is 15.0 Å². The fraction of sp³-hybridized carbons (Fsp3) is 0.474. The smallest absolute Gasteiger partial charge is 0.274 e. The first kappa shape index (κ1) is 17.1. The molecule has 0 aliphatic carbocycles. The van der Waals surface area contributed by atoms with Gasteiger partial charge in [0.05, 0.1) is 43.4 Å². The zero-order valence-electron chi connectivity index (χ0n) is 14.8. The summed E-state index contributed by atoms with van der Waals surface area (Å²) in [6.45, 7) is 4.15. The molecule has 0 N–H and O–H groups in total. The monoisotopic (exact) mass is 354 g/mol. The molecule has 1 atom stereocenters. The van der Waals surface area contributed by atoms with E-state index in [4.69, 9.17) is 9.47 Å². The van der Waals surface area contributed by atoms with Gasteiger partial charge in [-0.15, -0.1) is 0 Å². The molecule has 2 fully saturated rings. The Labute approximate surface area is 152 Å². The summed E-state index contributed by atoms with van der Waals surface area (Å²) in [4.78, 5) is 26.8. The van der Waals surface area contributed by atoms with Gasteiger partial charge in [0.25, 0.3) is 5.91 Å². The molecule has 1 amide bonds. The van der Waals surface area contributed by atoms with E-state index < -0.39 is 0 Å². The molecule has 7 nitrogen and oxygen atoms in total. The van der Waals surface area contributed by atoms with Crippen molar-refractivity contribution in [3.63, 3.8) is 0 Å². The summed E-state index contributed by atoms with van der Waals surface area (Å²) in [7, 11) is 0. The van der Waals surface area contributed by atoms with Gasteiger partial charge in [-0.1, -0.05) is 6.07 Å². The first-order valence-corrected chi connectivity index (χ1v) is 8.87. The largest absolute Gasteiger partial charge is 0.372 e. The molecule has 2 aromatic rings. The molecule has 0 saturated carbocycles. The molecule has 0 bridgehead atoms. The van der Waals surface area contributed by atoms with Gasteiger partial charge < -0.3 is 14.4 Å². The van der Waals surface area contributed by atoms with Crippen molar-refractivity contribution in [1.29, 1.82) is 0 Å². The lowest BCUT2D eigenvalue weighted by atomic mass is 9.84. The molecule has 2 saturated heterocycles. The van der Waals surface area contributed by atoms with Gasteiger partial charge in [-0.25, -0.2) is 4.98 Å². The van der Waals surface area contributed by atoms with Gasteiger partial charge in [-0.3, -0.25) is 14.8 Å². The number of likely N-dealkylation sites (tertiary alicyclic amines) is 1. The first-order valence-electron chi connectivity index (χ1n) is 8.87. The van der Waals surface area contributed by atoms with Gasteiger partial charge in [-0.2, -0.15) is 0 Å². The van der Waals surface area contributed by atoms with Crippen molar-refractivity contribution in [2.24, 2.45) is 0 Å². The van der Waals surface area contributed by atoms with Gasteiger partial charge in [0, 0.05) is 25.4 Å². The Morgan fingerprint density at radius 2 is 2.19 bits per heavy atom. The van der Waals surface area contributed by atoms with Crippen molar-refractivity contribution < 1.29 is 14.3 Å². The van der Waals surface area contributed by atoms with Crippen LogP contribution in [0.3, 0.4) is 0 Å². The van der Waals surface area contributed by atoms with Crippen LogP contribution in [-0.4, -0.2) is 57.2 Å². The van der Waals surface area contributed by atoms with Crippen LogP contribution in [0.15, 0.2) is 36.8 Å². The molecular formula is C19H22N4O3. The molecule has 7 heteroatoms. The Morgan fingerprint density at radius 1 is 1.31 bits per heavy atom. The van der Waals surface area contributed by atoms with Crippen LogP contribution >= 0.6 is 0 Å². The Hall–Kier alpha value is -2.38. The predicted molar refractivity (Wildman–Crippen MR) is 93.4 cm³/mol. The lowest BCUT2D eigenvalue weighted by Crippen LogP contribution is -2.67. The fourth-order valence-electron chi connectivity index (χ4n) is 3.49. The first-order chi connectivity index (χ1) is 12.6. The highest BCUT2D eigenvalue weighted by Gasteiger charge is 2.50. The van der Waals surface area contributed by atoms with E-state index in [1.807, 2.05) is 25.1 Å². The lowest BCUT2D eigenvalue weighted by molar-refractivity contribution is -0.188. The van der Waals surface area contributed by atoms with Crippen molar-refractivity contribution in [2.45, 2.75) is 38.1 Å². The number of carbonyl (C=O) groups is 1. The summed E-state index contributed by atoms with van der Waals surface area (Å²) in [5, 5.41) is 0. The summed E-state index contributed by atoms with van der Waals surface area (Å²) in [5.74, 6) is -0.0942. The second-order valence-corrected chi connectivity index (χ2v) is 6.98. The number of ether oxygens (including phenoxy) is 2. The van der Waals surface area contributed by atoms with Crippen LogP contribution in [0.2, 0.25) is 0 Å². The zero-order valence-corrected chi connectivity index (χ0v) is 14.8. The SMILES string of the molecule is Cc1cnc(C(=O)N2CC3(CC(OCc4ccccn4)CCO3)C2)cn1. The van der Waals surface area contributed by atoms with Crippen LogP contribution < -0.4 is 0 Å². The van der Waals surface area contributed by atoms with Crippen molar-refractivity contribution >= 4 is 5.91 Å². The van der Waals surface area contributed by atoms with Gasteiger partial charge in [0.15, 0.2) is 0 Å². The third-order valence-corrected chi connectivity index (χ3v) is 4.89. The minimum absolute atomic E-state index is 0.0942. The fourth-order valence-corrected chi connectivity index (χ4v) is 3.49. The molecule has 1 unspecified atom stereocenters. The number of pyridine rings is 1. The van der Waals surface area contributed by atoms with E-state index in [9.17, 15) is 4.79 Å². The normalized spacial score (nSPS) is 21.4. The Morgan fingerprint density at radius 3 is 2.92 bits per heavy atom. The van der Waals surface area contributed by atoms with E-state index in [0.717, 1.165) is 24.2 Å². The molecule has 0 aromatic carbocycles. The molecule has 2 aliphatic rings. The molecule has 4 rings (SSSR count). The minimum Gasteiger partial charge on any atom is -0.372 e. The Kier molecular flexibility index (Phi) is 4.65. The average molecular weight is 354 g/mol. The number of hydrogen-bond donors (Lipinski definition) is 0. The number of aryl methyl sites for hydroxylation is 1. The lowest BCUT2D eigenvalue weighted by Gasteiger charge is -2.52. The third kappa shape index (κ3) is 3.59. The molecular weight excluding hydrogens is 332 g/mol.